The average molecular weight is 269 g/mol. The molecule has 5 heteroatoms. The molecule has 0 atom stereocenters. The van der Waals surface area contributed by atoms with Crippen LogP contribution in [-0.2, 0) is 19.1 Å². The molecule has 0 amide bonds. The summed E-state index contributed by atoms with van der Waals surface area (Å²) in [6.45, 7) is 3.83. The molecule has 0 N–H and O–H groups in total. The molecule has 0 radical (unpaired) electrons. The van der Waals surface area contributed by atoms with Gasteiger partial charge in [-0.15, -0.1) is 0 Å². The third-order valence-corrected chi connectivity index (χ3v) is 2.86. The molecule has 5 nitrogen and oxygen atoms in total. The van der Waals surface area contributed by atoms with Crippen LogP contribution in [0.25, 0.3) is 0 Å². The number of carbonyl (C=O) groups excluding carboxylic acids is 2. The van der Waals surface area contributed by atoms with Gasteiger partial charge in [-0.2, -0.15) is 0 Å². The highest BCUT2D eigenvalue weighted by atomic mass is 16.5. The van der Waals surface area contributed by atoms with Crippen molar-refractivity contribution >= 4 is 11.9 Å². The van der Waals surface area contributed by atoms with E-state index in [4.69, 9.17) is 0 Å². The zero-order valence-corrected chi connectivity index (χ0v) is 12.6. The van der Waals surface area contributed by atoms with Crippen molar-refractivity contribution in [2.45, 2.75) is 26.7 Å². The summed E-state index contributed by atoms with van der Waals surface area (Å²) < 4.78 is 9.28. The van der Waals surface area contributed by atoms with Gasteiger partial charge in [-0.05, 0) is 31.1 Å². The van der Waals surface area contributed by atoms with E-state index in [1.54, 1.807) is 0 Å². The van der Waals surface area contributed by atoms with Gasteiger partial charge in [0.1, 0.15) is 0 Å². The summed E-state index contributed by atoms with van der Waals surface area (Å²) >= 11 is 0. The highest BCUT2D eigenvalue weighted by Crippen LogP contribution is 2.17. The largest absolute Gasteiger partial charge is 0.469 e. The molecule has 0 heterocycles. The number of carbonyl (C=O) groups is 2. The molecule has 0 bridgehead atoms. The minimum atomic E-state index is -0.367. The Morgan fingerprint density at radius 1 is 1.00 bits per heavy atom. The SMILES string of the molecule is COC(=O)CC(CC(=O)OC)=C(C)/C=C(\C)N(C)C. The minimum Gasteiger partial charge on any atom is -0.469 e. The molecule has 0 aromatic carbocycles. The predicted octanol–water partition coefficient (Wildman–Crippen LogP) is 1.89. The summed E-state index contributed by atoms with van der Waals surface area (Å²) in [5.41, 5.74) is 2.62. The summed E-state index contributed by atoms with van der Waals surface area (Å²) in [6, 6.07) is 0. The average Bonchev–Trinajstić information content (AvgIpc) is 2.36. The normalized spacial score (nSPS) is 10.7. The zero-order chi connectivity index (χ0) is 15.0. The number of esters is 2. The second-order valence-electron chi connectivity index (χ2n) is 4.47. The van der Waals surface area contributed by atoms with Crippen LogP contribution < -0.4 is 0 Å². The standard InChI is InChI=1S/C14H23NO4/c1-10(7-11(2)15(3)4)12(8-13(16)18-5)9-14(17)19-6/h7H,8-9H2,1-6H3/b11-7+. The van der Waals surface area contributed by atoms with Gasteiger partial charge in [0.05, 0.1) is 27.1 Å². The third kappa shape index (κ3) is 6.64. The predicted molar refractivity (Wildman–Crippen MR) is 73.4 cm³/mol. The molecule has 0 rings (SSSR count). The van der Waals surface area contributed by atoms with Crippen LogP contribution in [0, 0.1) is 0 Å². The van der Waals surface area contributed by atoms with Gasteiger partial charge in [0.25, 0.3) is 0 Å². The molecule has 0 aromatic heterocycles. The lowest BCUT2D eigenvalue weighted by Crippen LogP contribution is -2.10. The molecule has 0 saturated carbocycles. The Balaban J connectivity index is 5.23. The molecule has 19 heavy (non-hydrogen) atoms. The molecule has 0 aliphatic rings. The fourth-order valence-corrected chi connectivity index (χ4v) is 1.38. The number of hydrogen-bond donors (Lipinski definition) is 0. The van der Waals surface area contributed by atoms with Gasteiger partial charge in [0.2, 0.25) is 0 Å². The van der Waals surface area contributed by atoms with E-state index in [1.807, 2.05) is 38.9 Å². The number of nitrogens with zero attached hydrogens (tertiary/aromatic N) is 1. The van der Waals surface area contributed by atoms with Gasteiger partial charge in [0.15, 0.2) is 0 Å². The van der Waals surface area contributed by atoms with Crippen molar-refractivity contribution in [3.05, 3.63) is 22.9 Å². The van der Waals surface area contributed by atoms with Gasteiger partial charge in [0, 0.05) is 19.8 Å². The molecule has 0 unspecified atom stereocenters. The Morgan fingerprint density at radius 3 is 1.74 bits per heavy atom. The van der Waals surface area contributed by atoms with E-state index in [2.05, 4.69) is 9.47 Å². The molecule has 108 valence electrons. The van der Waals surface area contributed by atoms with Crippen molar-refractivity contribution in [1.29, 1.82) is 0 Å². The molecule has 0 aromatic rings. The van der Waals surface area contributed by atoms with E-state index in [0.29, 0.717) is 5.57 Å². The van der Waals surface area contributed by atoms with Crippen molar-refractivity contribution in [3.63, 3.8) is 0 Å². The first-order valence-corrected chi connectivity index (χ1v) is 5.99. The number of allylic oxidation sites excluding steroid dienone is 3. The highest BCUT2D eigenvalue weighted by Gasteiger charge is 2.13. The lowest BCUT2D eigenvalue weighted by Gasteiger charge is -2.14. The number of methoxy groups -OCH3 is 2. The second-order valence-corrected chi connectivity index (χ2v) is 4.47. The van der Waals surface area contributed by atoms with E-state index >= 15 is 0 Å². The summed E-state index contributed by atoms with van der Waals surface area (Å²) in [6.07, 6.45) is 2.12. The van der Waals surface area contributed by atoms with Crippen LogP contribution in [0.5, 0.6) is 0 Å². The molecule has 0 saturated heterocycles. The molecule has 0 aliphatic carbocycles. The Hall–Kier alpha value is -1.78. The smallest absolute Gasteiger partial charge is 0.309 e. The van der Waals surface area contributed by atoms with Gasteiger partial charge in [-0.25, -0.2) is 0 Å². The van der Waals surface area contributed by atoms with Crippen LogP contribution in [0.3, 0.4) is 0 Å². The Labute approximate surface area is 114 Å². The van der Waals surface area contributed by atoms with Crippen molar-refractivity contribution in [3.8, 4) is 0 Å². The van der Waals surface area contributed by atoms with E-state index in [9.17, 15) is 9.59 Å². The Morgan fingerprint density at radius 2 is 1.42 bits per heavy atom. The summed E-state index contributed by atoms with van der Waals surface area (Å²) in [5.74, 6) is -0.733. The Bertz CT molecular complexity index is 374. The van der Waals surface area contributed by atoms with Crippen LogP contribution >= 0.6 is 0 Å². The number of rotatable bonds is 6. The maximum Gasteiger partial charge on any atom is 0.309 e. The van der Waals surface area contributed by atoms with Crippen molar-refractivity contribution in [2.24, 2.45) is 0 Å². The van der Waals surface area contributed by atoms with Gasteiger partial charge >= 0.3 is 11.9 Å². The lowest BCUT2D eigenvalue weighted by atomic mass is 10.0. The lowest BCUT2D eigenvalue weighted by molar-refractivity contribution is -0.140. The van der Waals surface area contributed by atoms with Crippen LogP contribution in [0.2, 0.25) is 0 Å². The van der Waals surface area contributed by atoms with E-state index in [-0.39, 0.29) is 24.8 Å². The van der Waals surface area contributed by atoms with Crippen LogP contribution in [0.4, 0.5) is 0 Å². The second kappa shape index (κ2) is 8.34. The Kier molecular flexibility index (Phi) is 7.56. The first-order chi connectivity index (χ1) is 8.81. The molecule has 0 fully saturated rings. The molecule has 0 spiro atoms. The first kappa shape index (κ1) is 17.2. The van der Waals surface area contributed by atoms with E-state index in [0.717, 1.165) is 11.3 Å². The van der Waals surface area contributed by atoms with Crippen molar-refractivity contribution < 1.29 is 19.1 Å². The molecule has 0 aliphatic heterocycles. The third-order valence-electron chi connectivity index (χ3n) is 2.86. The summed E-state index contributed by atoms with van der Waals surface area (Å²) in [5, 5.41) is 0. The van der Waals surface area contributed by atoms with Gasteiger partial charge < -0.3 is 14.4 Å². The summed E-state index contributed by atoms with van der Waals surface area (Å²) in [7, 11) is 6.52. The highest BCUT2D eigenvalue weighted by molar-refractivity contribution is 5.78. The van der Waals surface area contributed by atoms with Gasteiger partial charge in [-0.1, -0.05) is 0 Å². The van der Waals surface area contributed by atoms with E-state index in [1.165, 1.54) is 14.2 Å². The van der Waals surface area contributed by atoms with Crippen LogP contribution in [-0.4, -0.2) is 45.2 Å². The monoisotopic (exact) mass is 269 g/mol. The maximum atomic E-state index is 11.4. The maximum absolute atomic E-state index is 11.4. The van der Waals surface area contributed by atoms with Gasteiger partial charge in [-0.3, -0.25) is 9.59 Å². The molecular weight excluding hydrogens is 246 g/mol. The fourth-order valence-electron chi connectivity index (χ4n) is 1.38. The van der Waals surface area contributed by atoms with Crippen molar-refractivity contribution in [1.82, 2.24) is 4.90 Å². The topological polar surface area (TPSA) is 55.8 Å². The van der Waals surface area contributed by atoms with Crippen molar-refractivity contribution in [2.75, 3.05) is 28.3 Å². The first-order valence-electron chi connectivity index (χ1n) is 5.99. The quantitative estimate of drug-likeness (QED) is 0.544. The van der Waals surface area contributed by atoms with Crippen LogP contribution in [0.1, 0.15) is 26.7 Å². The fraction of sp³-hybridized carbons (Fsp3) is 0.571. The number of ether oxygens (including phenoxy) is 2. The molecular formula is C14H23NO4. The van der Waals surface area contributed by atoms with E-state index < -0.39 is 0 Å². The summed E-state index contributed by atoms with van der Waals surface area (Å²) in [4.78, 5) is 24.7. The van der Waals surface area contributed by atoms with Crippen LogP contribution in [0.15, 0.2) is 22.9 Å². The number of hydrogen-bond acceptors (Lipinski definition) is 5. The minimum absolute atomic E-state index is 0.0919. The zero-order valence-electron chi connectivity index (χ0n) is 12.6.